The normalized spacial score (nSPS) is 10.1. The van der Waals surface area contributed by atoms with Crippen molar-refractivity contribution in [2.45, 2.75) is 6.42 Å². The topological polar surface area (TPSA) is 92.5 Å². The Morgan fingerprint density at radius 2 is 2.47 bits per heavy atom. The summed E-state index contributed by atoms with van der Waals surface area (Å²) in [6.07, 6.45) is 2.70. The van der Waals surface area contributed by atoms with Crippen molar-refractivity contribution in [3.8, 4) is 6.07 Å². The average molecular weight is 248 g/mol. The molecule has 0 aliphatic rings. The summed E-state index contributed by atoms with van der Waals surface area (Å²) in [7, 11) is 1.88. The van der Waals surface area contributed by atoms with Crippen molar-refractivity contribution < 1.29 is 0 Å². The first kappa shape index (κ1) is 11.4. The number of nitriles is 1. The van der Waals surface area contributed by atoms with Gasteiger partial charge in [0.1, 0.15) is 16.6 Å². The van der Waals surface area contributed by atoms with E-state index in [0.29, 0.717) is 12.1 Å². The van der Waals surface area contributed by atoms with E-state index >= 15 is 0 Å². The van der Waals surface area contributed by atoms with E-state index in [1.54, 1.807) is 4.68 Å². The third-order valence-corrected chi connectivity index (χ3v) is 3.08. The van der Waals surface area contributed by atoms with Gasteiger partial charge in [0.05, 0.1) is 5.69 Å². The summed E-state index contributed by atoms with van der Waals surface area (Å²) in [6.45, 7) is 0.702. The zero-order valence-electron chi connectivity index (χ0n) is 9.34. The van der Waals surface area contributed by atoms with Crippen LogP contribution in [-0.2, 0) is 13.5 Å². The number of hydrogen-bond acceptors (Lipinski definition) is 6. The highest BCUT2D eigenvalue weighted by molar-refractivity contribution is 7.10. The Balaban J connectivity index is 1.92. The van der Waals surface area contributed by atoms with Gasteiger partial charge in [-0.1, -0.05) is 0 Å². The largest absolute Gasteiger partial charge is 0.382 e. The highest BCUT2D eigenvalue weighted by atomic mass is 32.1. The molecule has 2 rings (SSSR count). The zero-order chi connectivity index (χ0) is 12.3. The maximum Gasteiger partial charge on any atom is 0.157 e. The molecule has 2 aromatic heterocycles. The lowest BCUT2D eigenvalue weighted by Crippen LogP contribution is -2.05. The van der Waals surface area contributed by atoms with Crippen molar-refractivity contribution in [3.63, 3.8) is 0 Å². The van der Waals surface area contributed by atoms with Crippen molar-refractivity contribution in [1.82, 2.24) is 14.2 Å². The Bertz CT molecular complexity index is 549. The van der Waals surface area contributed by atoms with Crippen LogP contribution in [0.25, 0.3) is 0 Å². The minimum absolute atomic E-state index is 0.290. The molecule has 2 aromatic rings. The summed E-state index contributed by atoms with van der Waals surface area (Å²) in [5, 5.41) is 17.0. The number of nitrogens with two attached hydrogens (primary N) is 1. The third kappa shape index (κ3) is 2.54. The first-order valence-electron chi connectivity index (χ1n) is 5.08. The summed E-state index contributed by atoms with van der Waals surface area (Å²) in [4.78, 5) is 0. The number of nitrogens with one attached hydrogen (secondary N) is 1. The number of anilines is 2. The molecule has 0 saturated carbocycles. The highest BCUT2D eigenvalue weighted by Crippen LogP contribution is 2.25. The minimum atomic E-state index is 0.290. The van der Waals surface area contributed by atoms with Crippen LogP contribution in [0.5, 0.6) is 0 Å². The fourth-order valence-corrected chi connectivity index (χ4v) is 2.12. The lowest BCUT2D eigenvalue weighted by atomic mass is 10.3. The second-order valence-corrected chi connectivity index (χ2v) is 4.31. The van der Waals surface area contributed by atoms with Crippen LogP contribution >= 0.6 is 11.5 Å². The van der Waals surface area contributed by atoms with Gasteiger partial charge in [0, 0.05) is 26.2 Å². The van der Waals surface area contributed by atoms with Gasteiger partial charge in [-0.05, 0) is 17.6 Å². The standard InChI is InChI=1S/C10H12N6S/c1-16-5-3-7(14-16)2-4-13-10-8(6-11)9(12)15-17-10/h3,5,13H,2,4H2,1H3,(H2,12,15). The van der Waals surface area contributed by atoms with E-state index in [9.17, 15) is 0 Å². The smallest absolute Gasteiger partial charge is 0.157 e. The van der Waals surface area contributed by atoms with Gasteiger partial charge in [-0.2, -0.15) is 14.7 Å². The minimum Gasteiger partial charge on any atom is -0.382 e. The molecule has 6 nitrogen and oxygen atoms in total. The van der Waals surface area contributed by atoms with Crippen molar-refractivity contribution >= 4 is 22.4 Å². The zero-order valence-corrected chi connectivity index (χ0v) is 10.2. The predicted molar refractivity (Wildman–Crippen MR) is 66.6 cm³/mol. The molecule has 0 radical (unpaired) electrons. The van der Waals surface area contributed by atoms with Crippen molar-refractivity contribution in [2.75, 3.05) is 17.6 Å². The molecule has 0 unspecified atom stereocenters. The molecular formula is C10H12N6S. The number of hydrogen-bond donors (Lipinski definition) is 2. The van der Waals surface area contributed by atoms with Gasteiger partial charge in [0.2, 0.25) is 0 Å². The van der Waals surface area contributed by atoms with E-state index in [4.69, 9.17) is 11.0 Å². The van der Waals surface area contributed by atoms with Crippen molar-refractivity contribution in [3.05, 3.63) is 23.5 Å². The molecular weight excluding hydrogens is 236 g/mol. The first-order valence-corrected chi connectivity index (χ1v) is 5.85. The summed E-state index contributed by atoms with van der Waals surface area (Å²) in [5.74, 6) is 0.290. The maximum atomic E-state index is 8.89. The summed E-state index contributed by atoms with van der Waals surface area (Å²) < 4.78 is 5.70. The third-order valence-electron chi connectivity index (χ3n) is 2.27. The quantitative estimate of drug-likeness (QED) is 0.841. The van der Waals surface area contributed by atoms with Crippen LogP contribution in [0.15, 0.2) is 12.3 Å². The van der Waals surface area contributed by atoms with Crippen LogP contribution in [-0.4, -0.2) is 20.7 Å². The van der Waals surface area contributed by atoms with Gasteiger partial charge in [0.25, 0.3) is 0 Å². The van der Waals surface area contributed by atoms with Gasteiger partial charge < -0.3 is 11.1 Å². The van der Waals surface area contributed by atoms with E-state index in [0.717, 1.165) is 17.1 Å². The predicted octanol–water partition coefficient (Wildman–Crippen LogP) is 0.985. The van der Waals surface area contributed by atoms with Gasteiger partial charge in [-0.25, -0.2) is 0 Å². The molecule has 3 N–H and O–H groups in total. The summed E-state index contributed by atoms with van der Waals surface area (Å²) in [6, 6.07) is 4.00. The van der Waals surface area contributed by atoms with Crippen LogP contribution in [0.3, 0.4) is 0 Å². The molecule has 88 valence electrons. The van der Waals surface area contributed by atoms with Gasteiger partial charge in [0.15, 0.2) is 5.82 Å². The molecule has 0 atom stereocenters. The van der Waals surface area contributed by atoms with Crippen LogP contribution in [0, 0.1) is 11.3 Å². The molecule has 0 bridgehead atoms. The molecule has 0 aliphatic carbocycles. The molecule has 0 saturated heterocycles. The van der Waals surface area contributed by atoms with Crippen molar-refractivity contribution in [2.24, 2.45) is 7.05 Å². The summed E-state index contributed by atoms with van der Waals surface area (Å²) >= 11 is 1.21. The lowest BCUT2D eigenvalue weighted by molar-refractivity contribution is 0.742. The van der Waals surface area contributed by atoms with E-state index in [2.05, 4.69) is 14.8 Å². The second-order valence-electron chi connectivity index (χ2n) is 3.54. The van der Waals surface area contributed by atoms with Gasteiger partial charge in [-0.3, -0.25) is 4.68 Å². The van der Waals surface area contributed by atoms with E-state index < -0.39 is 0 Å². The van der Waals surface area contributed by atoms with Crippen LogP contribution < -0.4 is 11.1 Å². The fourth-order valence-electron chi connectivity index (χ4n) is 1.43. The van der Waals surface area contributed by atoms with Crippen molar-refractivity contribution in [1.29, 1.82) is 5.26 Å². The van der Waals surface area contributed by atoms with Gasteiger partial charge >= 0.3 is 0 Å². The fraction of sp³-hybridized carbons (Fsp3) is 0.300. The van der Waals surface area contributed by atoms with E-state index in [1.807, 2.05) is 25.4 Å². The van der Waals surface area contributed by atoms with E-state index in [1.165, 1.54) is 11.5 Å². The van der Waals surface area contributed by atoms with Crippen LogP contribution in [0.4, 0.5) is 10.8 Å². The second kappa shape index (κ2) is 4.84. The first-order chi connectivity index (χ1) is 8.20. The lowest BCUT2D eigenvalue weighted by Gasteiger charge is -2.01. The van der Waals surface area contributed by atoms with Crippen LogP contribution in [0.2, 0.25) is 0 Å². The molecule has 2 heterocycles. The Kier molecular flexibility index (Phi) is 3.25. The average Bonchev–Trinajstić information content (AvgIpc) is 2.86. The SMILES string of the molecule is Cn1ccc(CCNc2snc(N)c2C#N)n1. The molecule has 0 fully saturated rings. The number of rotatable bonds is 4. The number of nitrogen functional groups attached to an aromatic ring is 1. The Hall–Kier alpha value is -2.07. The van der Waals surface area contributed by atoms with Gasteiger partial charge in [-0.15, -0.1) is 0 Å². The number of nitrogens with zero attached hydrogens (tertiary/aromatic N) is 4. The number of aryl methyl sites for hydroxylation is 1. The molecule has 0 amide bonds. The Labute approximate surface area is 103 Å². The Morgan fingerprint density at radius 3 is 3.12 bits per heavy atom. The summed E-state index contributed by atoms with van der Waals surface area (Å²) in [5.41, 5.74) is 7.00. The molecule has 17 heavy (non-hydrogen) atoms. The monoisotopic (exact) mass is 248 g/mol. The molecule has 0 aliphatic heterocycles. The number of aromatic nitrogens is 3. The molecule has 0 aromatic carbocycles. The molecule has 7 heteroatoms. The molecule has 0 spiro atoms. The Morgan fingerprint density at radius 1 is 1.65 bits per heavy atom. The van der Waals surface area contributed by atoms with Crippen LogP contribution in [0.1, 0.15) is 11.3 Å². The highest BCUT2D eigenvalue weighted by Gasteiger charge is 2.10. The maximum absolute atomic E-state index is 8.89. The van der Waals surface area contributed by atoms with E-state index in [-0.39, 0.29) is 5.82 Å².